The third-order valence-corrected chi connectivity index (χ3v) is 6.13. The lowest BCUT2D eigenvalue weighted by atomic mass is 10.0. The number of benzene rings is 2. The van der Waals surface area contributed by atoms with Gasteiger partial charge in [-0.25, -0.2) is 0 Å². The van der Waals surface area contributed by atoms with Crippen molar-refractivity contribution in [1.29, 1.82) is 0 Å². The van der Waals surface area contributed by atoms with Crippen LogP contribution in [-0.2, 0) is 15.8 Å². The molecule has 0 saturated carbocycles. The third kappa shape index (κ3) is 4.83. The summed E-state index contributed by atoms with van der Waals surface area (Å²) in [5.74, 6) is -0.779. The highest BCUT2D eigenvalue weighted by atomic mass is 19.4. The van der Waals surface area contributed by atoms with Gasteiger partial charge >= 0.3 is 6.18 Å². The predicted octanol–water partition coefficient (Wildman–Crippen LogP) is 4.00. The number of alkyl halides is 3. The van der Waals surface area contributed by atoms with Crippen LogP contribution in [0.15, 0.2) is 55.1 Å². The van der Waals surface area contributed by atoms with Crippen molar-refractivity contribution in [3.63, 3.8) is 0 Å². The highest BCUT2D eigenvalue weighted by Gasteiger charge is 2.33. The van der Waals surface area contributed by atoms with Crippen molar-refractivity contribution in [2.24, 2.45) is 0 Å². The molecule has 178 valence electrons. The molecule has 2 aliphatic rings. The number of carbonyl (C=O) groups is 3. The van der Waals surface area contributed by atoms with E-state index >= 15 is 0 Å². The van der Waals surface area contributed by atoms with Crippen molar-refractivity contribution >= 4 is 23.4 Å². The molecule has 4 rings (SSSR count). The van der Waals surface area contributed by atoms with E-state index in [0.717, 1.165) is 12.1 Å². The van der Waals surface area contributed by atoms with E-state index in [1.807, 2.05) is 0 Å². The number of fused-ring (bicyclic) bond motifs is 1. The van der Waals surface area contributed by atoms with Crippen LogP contribution in [0, 0.1) is 0 Å². The molecule has 9 heteroatoms. The lowest BCUT2D eigenvalue weighted by Gasteiger charge is -2.26. The van der Waals surface area contributed by atoms with E-state index in [-0.39, 0.29) is 36.9 Å². The van der Waals surface area contributed by atoms with Gasteiger partial charge in [0, 0.05) is 49.3 Å². The second-order valence-corrected chi connectivity index (χ2v) is 8.39. The quantitative estimate of drug-likeness (QED) is 0.664. The summed E-state index contributed by atoms with van der Waals surface area (Å²) in [6.07, 6.45) is -3.55. The second-order valence-electron chi connectivity index (χ2n) is 8.39. The average molecular weight is 471 g/mol. The van der Waals surface area contributed by atoms with Crippen LogP contribution >= 0.6 is 0 Å². The first-order chi connectivity index (χ1) is 16.1. The van der Waals surface area contributed by atoms with Crippen molar-refractivity contribution in [2.75, 3.05) is 19.6 Å². The number of likely N-dealkylation sites (tertiary alicyclic amines) is 1. The predicted molar refractivity (Wildman–Crippen MR) is 119 cm³/mol. The van der Waals surface area contributed by atoms with Gasteiger partial charge in [0.05, 0.1) is 11.6 Å². The first-order valence-electron chi connectivity index (χ1n) is 11.0. The Kier molecular flexibility index (Phi) is 6.45. The van der Waals surface area contributed by atoms with E-state index in [4.69, 9.17) is 0 Å². The van der Waals surface area contributed by atoms with Crippen LogP contribution < -0.4 is 5.32 Å². The molecule has 0 spiro atoms. The molecule has 0 aliphatic carbocycles. The largest absolute Gasteiger partial charge is 0.416 e. The van der Waals surface area contributed by atoms with Crippen molar-refractivity contribution < 1.29 is 27.6 Å². The molecule has 2 aromatic rings. The van der Waals surface area contributed by atoms with Gasteiger partial charge in [-0.2, -0.15) is 13.2 Å². The molecular weight excluding hydrogens is 447 g/mol. The molecule has 2 aromatic carbocycles. The number of hydrogen-bond donors (Lipinski definition) is 1. The molecular formula is C25H24F3N3O3. The summed E-state index contributed by atoms with van der Waals surface area (Å²) in [7, 11) is 0. The fourth-order valence-corrected chi connectivity index (χ4v) is 4.33. The lowest BCUT2D eigenvalue weighted by molar-refractivity contribution is -0.137. The van der Waals surface area contributed by atoms with Gasteiger partial charge in [-0.1, -0.05) is 36.9 Å². The monoisotopic (exact) mass is 471 g/mol. The smallest absolute Gasteiger partial charge is 0.347 e. The lowest BCUT2D eigenvalue weighted by Crippen LogP contribution is -2.39. The zero-order valence-corrected chi connectivity index (χ0v) is 18.4. The fourth-order valence-electron chi connectivity index (χ4n) is 4.33. The summed E-state index contributed by atoms with van der Waals surface area (Å²) in [5, 5.41) is 2.77. The normalized spacial score (nSPS) is 16.7. The number of rotatable bonds is 7. The minimum Gasteiger partial charge on any atom is -0.347 e. The highest BCUT2D eigenvalue weighted by Crippen LogP contribution is 2.32. The summed E-state index contributed by atoms with van der Waals surface area (Å²) >= 11 is 0. The summed E-state index contributed by atoms with van der Waals surface area (Å²) in [6, 6.07) is 11.0. The van der Waals surface area contributed by atoms with E-state index in [0.29, 0.717) is 36.2 Å². The van der Waals surface area contributed by atoms with Gasteiger partial charge in [-0.3, -0.25) is 14.4 Å². The van der Waals surface area contributed by atoms with E-state index < -0.39 is 23.7 Å². The molecule has 0 aromatic heterocycles. The number of nitrogens with one attached hydrogen (secondary N) is 1. The first kappa shape index (κ1) is 23.5. The second kappa shape index (κ2) is 9.32. The first-order valence-corrected chi connectivity index (χ1v) is 11.0. The Hall–Kier alpha value is -3.62. The van der Waals surface area contributed by atoms with Crippen LogP contribution in [0.3, 0.4) is 0 Å². The zero-order valence-electron chi connectivity index (χ0n) is 18.4. The number of amides is 3. The summed E-state index contributed by atoms with van der Waals surface area (Å²) in [4.78, 5) is 40.5. The van der Waals surface area contributed by atoms with Crippen LogP contribution in [-0.4, -0.2) is 47.2 Å². The molecule has 1 N–H and O–H groups in total. The standard InChI is InChI=1S/C25H24F3N3O3/c1-16-19-8-2-3-9-20(19)24(34)31(16)13-11-22(32)29-21(15-30-12-5-10-23(30)33)17-6-4-7-18(14-17)25(26,27)28/h2-4,6-9,14,21H,1,5,10-13,15H2,(H,29,32)/t21-/m0/s1. The zero-order chi connectivity index (χ0) is 24.5. The molecule has 6 nitrogen and oxygen atoms in total. The Morgan fingerprint density at radius 1 is 1.09 bits per heavy atom. The summed E-state index contributed by atoms with van der Waals surface area (Å²) in [5.41, 5.74) is 1.17. The number of hydrogen-bond acceptors (Lipinski definition) is 3. The topological polar surface area (TPSA) is 69.7 Å². The van der Waals surface area contributed by atoms with Gasteiger partial charge in [0.2, 0.25) is 11.8 Å². The number of carbonyl (C=O) groups excluding carboxylic acids is 3. The molecule has 3 amide bonds. The van der Waals surface area contributed by atoms with E-state index in [1.54, 1.807) is 29.2 Å². The minimum atomic E-state index is -4.53. The van der Waals surface area contributed by atoms with Gasteiger partial charge in [-0.15, -0.1) is 0 Å². The number of halogens is 3. The van der Waals surface area contributed by atoms with E-state index in [2.05, 4.69) is 11.9 Å². The van der Waals surface area contributed by atoms with Crippen molar-refractivity contribution in [2.45, 2.75) is 31.5 Å². The van der Waals surface area contributed by atoms with Crippen LogP contribution in [0.4, 0.5) is 13.2 Å². The Bertz CT molecular complexity index is 1110. The maximum atomic E-state index is 13.2. The van der Waals surface area contributed by atoms with Crippen molar-refractivity contribution in [1.82, 2.24) is 15.1 Å². The highest BCUT2D eigenvalue weighted by molar-refractivity contribution is 6.08. The molecule has 34 heavy (non-hydrogen) atoms. The molecule has 0 bridgehead atoms. The van der Waals surface area contributed by atoms with Crippen molar-refractivity contribution in [3.05, 3.63) is 77.4 Å². The fraction of sp³-hybridized carbons (Fsp3) is 0.320. The van der Waals surface area contributed by atoms with Gasteiger partial charge in [0.25, 0.3) is 5.91 Å². The number of nitrogens with zero attached hydrogens (tertiary/aromatic N) is 2. The van der Waals surface area contributed by atoms with Crippen molar-refractivity contribution in [3.8, 4) is 0 Å². The SMILES string of the molecule is C=C1c2ccccc2C(=O)N1CCC(=O)N[C@@H](CN1CCCC1=O)c1cccc(C(F)(F)F)c1. The minimum absolute atomic E-state index is 0.0673. The molecule has 1 fully saturated rings. The van der Waals surface area contributed by atoms with Gasteiger partial charge in [0.1, 0.15) is 0 Å². The third-order valence-electron chi connectivity index (χ3n) is 6.13. The Balaban J connectivity index is 1.47. The van der Waals surface area contributed by atoms with Gasteiger partial charge in [0.15, 0.2) is 0 Å². The van der Waals surface area contributed by atoms with Crippen LogP contribution in [0.1, 0.15) is 52.4 Å². The van der Waals surface area contributed by atoms with Crippen LogP contribution in [0.2, 0.25) is 0 Å². The molecule has 1 atom stereocenters. The molecule has 0 radical (unpaired) electrons. The van der Waals surface area contributed by atoms with E-state index in [9.17, 15) is 27.6 Å². The summed E-state index contributed by atoms with van der Waals surface area (Å²) < 4.78 is 39.7. The van der Waals surface area contributed by atoms with Crippen LogP contribution in [0.25, 0.3) is 5.70 Å². The van der Waals surface area contributed by atoms with E-state index in [1.165, 1.54) is 17.0 Å². The maximum Gasteiger partial charge on any atom is 0.416 e. The molecule has 0 unspecified atom stereocenters. The maximum absolute atomic E-state index is 13.2. The molecule has 1 saturated heterocycles. The molecule has 2 heterocycles. The van der Waals surface area contributed by atoms with Crippen LogP contribution in [0.5, 0.6) is 0 Å². The van der Waals surface area contributed by atoms with Gasteiger partial charge in [-0.05, 0) is 30.2 Å². The Morgan fingerprint density at radius 2 is 1.82 bits per heavy atom. The summed E-state index contributed by atoms with van der Waals surface area (Å²) in [6.45, 7) is 4.59. The Morgan fingerprint density at radius 3 is 2.47 bits per heavy atom. The Labute approximate surface area is 195 Å². The van der Waals surface area contributed by atoms with Gasteiger partial charge < -0.3 is 15.1 Å². The average Bonchev–Trinajstić information content (AvgIpc) is 3.32. The molecule has 2 aliphatic heterocycles.